The molecule has 638 valence electrons. The number of carbonyl (C=O) groups excluding carboxylic acids is 11. The first kappa shape index (κ1) is 96.9. The van der Waals surface area contributed by atoms with Crippen molar-refractivity contribution in [3.8, 4) is 0 Å². The van der Waals surface area contributed by atoms with Crippen molar-refractivity contribution in [3.05, 3.63) is 77.9 Å². The number of hydrogen-bond donors (Lipinski definition) is 11. The van der Waals surface area contributed by atoms with Crippen LogP contribution in [-0.4, -0.2) is 257 Å². The molecule has 1 aliphatic carbocycles. The molecule has 13 atom stereocenters. The fraction of sp³-hybridized carbons (Fsp3) is 0.662. The Bertz CT molecular complexity index is 3420. The van der Waals surface area contributed by atoms with Crippen molar-refractivity contribution in [2.45, 2.75) is 225 Å². The molecule has 34 nitrogen and oxygen atoms in total. The molecule has 0 radical (unpaired) electrons. The largest absolute Gasteiger partial charge is 0.481 e. The maximum Gasteiger partial charge on any atom is 0.410 e. The molecule has 0 saturated carbocycles. The lowest BCUT2D eigenvalue weighted by Gasteiger charge is -2.41. The van der Waals surface area contributed by atoms with Crippen LogP contribution in [0.25, 0.3) is 0 Å². The van der Waals surface area contributed by atoms with Crippen molar-refractivity contribution in [3.63, 3.8) is 0 Å². The van der Waals surface area contributed by atoms with E-state index < -0.39 is 169 Å². The molecular formula is C80H126N12O22. The average Bonchev–Trinajstić information content (AvgIpc) is 1.37. The van der Waals surface area contributed by atoms with E-state index in [1.807, 2.05) is 19.9 Å². The molecule has 1 saturated heterocycles. The highest BCUT2D eigenvalue weighted by atomic mass is 16.6. The van der Waals surface area contributed by atoms with Crippen LogP contribution in [0.3, 0.4) is 0 Å². The molecule has 13 unspecified atom stereocenters. The highest BCUT2D eigenvalue weighted by molar-refractivity contribution is 5.99. The first-order valence-electron chi connectivity index (χ1n) is 39.5. The molecule has 1 fully saturated rings. The molecular weight excluding hydrogens is 1480 g/mol. The van der Waals surface area contributed by atoms with Crippen LogP contribution in [0, 0.1) is 29.6 Å². The van der Waals surface area contributed by atoms with Crippen LogP contribution in [0.5, 0.6) is 0 Å². The van der Waals surface area contributed by atoms with Gasteiger partial charge in [-0.1, -0.05) is 123 Å². The number of allylic oxidation sites excluding steroid dienone is 2. The third-order valence-electron chi connectivity index (χ3n) is 20.2. The third-order valence-corrected chi connectivity index (χ3v) is 20.2. The van der Waals surface area contributed by atoms with E-state index in [0.717, 1.165) is 42.6 Å². The molecule has 2 aromatic rings. The minimum atomic E-state index is -1.43. The number of carboxylic acids is 2. The second kappa shape index (κ2) is 51.4. The van der Waals surface area contributed by atoms with E-state index in [2.05, 4.69) is 54.7 Å². The summed E-state index contributed by atoms with van der Waals surface area (Å²) >= 11 is 0. The molecule has 0 bridgehead atoms. The van der Waals surface area contributed by atoms with E-state index in [-0.39, 0.29) is 108 Å². The Morgan fingerprint density at radius 2 is 1.25 bits per heavy atom. The number of nitrogens with zero attached hydrogens (tertiary/aromatic N) is 3. The van der Waals surface area contributed by atoms with Crippen molar-refractivity contribution < 1.29 is 106 Å². The summed E-state index contributed by atoms with van der Waals surface area (Å²) in [5, 5.41) is 40.7. The first-order valence-corrected chi connectivity index (χ1v) is 39.5. The van der Waals surface area contributed by atoms with Crippen molar-refractivity contribution in [1.82, 2.24) is 51.9 Å². The second-order valence-corrected chi connectivity index (χ2v) is 29.9. The van der Waals surface area contributed by atoms with Gasteiger partial charge in [0.15, 0.2) is 0 Å². The molecule has 1 heterocycles. The molecule has 2 aromatic carbocycles. The molecule has 34 heteroatoms. The zero-order chi connectivity index (χ0) is 84.6. The molecule has 12 N–H and O–H groups in total. The zero-order valence-electron chi connectivity index (χ0n) is 68.5. The number of amides is 12. The number of methoxy groups -OCH3 is 2. The SMILES string of the molecule is CCC(C)C(C(CC(=O)N1CCCC1C(OC)C(C)C(=O)NC(Cc1ccccc1)C(=O)O)OC)N(C)C(=O)C(NC(=O)C(C(C)C)N(C)C(=O)OCc1ccc(NC(=O)C(CCCNC(N)=O)NC(=O)C(NC(=O)C(CCC(=O)O)NC(=O)COCCOCCOCCNC(=O)OC2CCC=CCCC2)C(C)C)cc1)C(C)C. The Balaban J connectivity index is 1.34. The zero-order valence-corrected chi connectivity index (χ0v) is 68.5. The van der Waals surface area contributed by atoms with E-state index in [0.29, 0.717) is 31.4 Å². The summed E-state index contributed by atoms with van der Waals surface area (Å²) in [5.41, 5.74) is 6.73. The fourth-order valence-corrected chi connectivity index (χ4v) is 13.7. The van der Waals surface area contributed by atoms with Crippen LogP contribution < -0.4 is 48.3 Å². The predicted octanol–water partition coefficient (Wildman–Crippen LogP) is 5.18. The molecule has 0 spiro atoms. The Morgan fingerprint density at radius 3 is 1.86 bits per heavy atom. The molecule has 0 aromatic heterocycles. The fourth-order valence-electron chi connectivity index (χ4n) is 13.7. The Labute approximate surface area is 669 Å². The molecule has 4 rings (SSSR count). The quantitative estimate of drug-likeness (QED) is 0.0300. The Hall–Kier alpha value is -9.51. The summed E-state index contributed by atoms with van der Waals surface area (Å²) in [4.78, 5) is 179. The van der Waals surface area contributed by atoms with Crippen LogP contribution in [0.1, 0.15) is 157 Å². The number of primary amides is 1. The van der Waals surface area contributed by atoms with Gasteiger partial charge < -0.3 is 101 Å². The normalized spacial score (nSPS) is 17.1. The van der Waals surface area contributed by atoms with Gasteiger partial charge in [0.2, 0.25) is 47.3 Å². The summed E-state index contributed by atoms with van der Waals surface area (Å²) in [7, 11) is 5.91. The number of likely N-dealkylation sites (N-methyl/N-ethyl adjacent to an activating group) is 2. The number of carboxylic acid groups (broad SMARTS) is 2. The lowest BCUT2D eigenvalue weighted by Crippen LogP contribution is -2.60. The van der Waals surface area contributed by atoms with Crippen LogP contribution >= 0.6 is 0 Å². The van der Waals surface area contributed by atoms with E-state index in [1.54, 1.807) is 96.8 Å². The monoisotopic (exact) mass is 1610 g/mol. The summed E-state index contributed by atoms with van der Waals surface area (Å²) < 4.78 is 39.6. The smallest absolute Gasteiger partial charge is 0.410 e. The number of anilines is 1. The first-order chi connectivity index (χ1) is 54.2. The lowest BCUT2D eigenvalue weighted by molar-refractivity contribution is -0.148. The van der Waals surface area contributed by atoms with E-state index in [1.165, 1.54) is 38.3 Å². The summed E-state index contributed by atoms with van der Waals surface area (Å²) in [6.07, 6.45) is 6.32. The van der Waals surface area contributed by atoms with Gasteiger partial charge in [0.1, 0.15) is 55.6 Å². The van der Waals surface area contributed by atoms with Crippen molar-refractivity contribution in [1.29, 1.82) is 0 Å². The maximum atomic E-state index is 14.9. The van der Waals surface area contributed by atoms with Gasteiger partial charge in [0.25, 0.3) is 0 Å². The van der Waals surface area contributed by atoms with Gasteiger partial charge in [-0.2, -0.15) is 0 Å². The van der Waals surface area contributed by atoms with Crippen molar-refractivity contribution in [2.24, 2.45) is 35.3 Å². The topological polar surface area (TPSA) is 459 Å². The summed E-state index contributed by atoms with van der Waals surface area (Å²) in [6.45, 7) is 16.3. The van der Waals surface area contributed by atoms with Gasteiger partial charge in [-0.15, -0.1) is 0 Å². The highest BCUT2D eigenvalue weighted by Gasteiger charge is 2.45. The minimum Gasteiger partial charge on any atom is -0.481 e. The van der Waals surface area contributed by atoms with Crippen LogP contribution in [0.4, 0.5) is 20.1 Å². The number of likely N-dealkylation sites (tertiary alicyclic amines) is 1. The number of ether oxygens (including phenoxy) is 7. The Kier molecular flexibility index (Phi) is 43.6. The highest BCUT2D eigenvalue weighted by Crippen LogP contribution is 2.31. The van der Waals surface area contributed by atoms with Crippen LogP contribution in [-0.2, 0) is 94.1 Å². The molecule has 12 amide bonds. The molecule has 114 heavy (non-hydrogen) atoms. The number of nitrogens with one attached hydrogen (secondary N) is 8. The van der Waals surface area contributed by atoms with Gasteiger partial charge in [0, 0.05) is 66.5 Å². The number of nitrogens with two attached hydrogens (primary N) is 1. The van der Waals surface area contributed by atoms with Crippen LogP contribution in [0.15, 0.2) is 66.7 Å². The molecule has 1 aliphatic heterocycles. The number of hydrogen-bond acceptors (Lipinski definition) is 20. The third kappa shape index (κ3) is 33.5. The summed E-state index contributed by atoms with van der Waals surface area (Å²) in [6, 6.07) is 5.58. The van der Waals surface area contributed by atoms with E-state index in [9.17, 15) is 72.5 Å². The maximum absolute atomic E-state index is 14.9. The van der Waals surface area contributed by atoms with Gasteiger partial charge in [-0.3, -0.25) is 48.1 Å². The van der Waals surface area contributed by atoms with E-state index in [4.69, 9.17) is 38.9 Å². The van der Waals surface area contributed by atoms with Crippen molar-refractivity contribution in [2.75, 3.05) is 92.9 Å². The van der Waals surface area contributed by atoms with Crippen molar-refractivity contribution >= 4 is 83.1 Å². The second-order valence-electron chi connectivity index (χ2n) is 29.9. The van der Waals surface area contributed by atoms with Gasteiger partial charge in [-0.25, -0.2) is 19.2 Å². The number of aliphatic carboxylic acids is 2. The van der Waals surface area contributed by atoms with Gasteiger partial charge in [0.05, 0.1) is 69.7 Å². The average molecular weight is 1610 g/mol. The van der Waals surface area contributed by atoms with Gasteiger partial charge in [-0.05, 0) is 111 Å². The lowest BCUT2D eigenvalue weighted by atomic mass is 9.89. The van der Waals surface area contributed by atoms with Gasteiger partial charge >= 0.3 is 30.2 Å². The van der Waals surface area contributed by atoms with Crippen LogP contribution in [0.2, 0.25) is 0 Å². The standard InChI is InChI=1S/C80H126N12O22/c1-14-52(8)69(62(108-12)46-64(94)92-39-24-30-61(92)70(109-13)53(9)71(97)87-60(77(103)104)45-54-25-19-18-20-26-54)90(10)76(102)67(50(4)5)89-75(101)68(51(6)7)91(11)80(107)113-47-55-31-33-56(34-32-55)84-72(98)58(29-23-37-82-78(81)105)86-74(100)66(49(2)3)88-73(99)59(35-36-65(95)96)85-63(93)48-112-44-43-111-42-41-110-40-38-83-79(106)114-57-27-21-16-15-17-22-28-57/h15-16,18-20,25-26,31-34,49-53,57-62,66-70H,14,17,21-24,27-30,35-48H2,1-13H3,(H,83,106)(H,84,98)(H,85,93)(H,86,100)(H,87,97)(H,88,99)(H,89,101)(H,95,96)(H,103,104)(H3,81,82,105). The number of benzene rings is 2. The molecule has 2 aliphatic rings. The predicted molar refractivity (Wildman–Crippen MR) is 422 cm³/mol. The number of carbonyl (C=O) groups is 13. The Morgan fingerprint density at radius 1 is 0.614 bits per heavy atom. The number of rotatable bonds is 50. The van der Waals surface area contributed by atoms with E-state index >= 15 is 0 Å². The minimum absolute atomic E-state index is 0.0226. The summed E-state index contributed by atoms with van der Waals surface area (Å²) in [5.74, 6) is -10.2. The number of alkyl carbamates (subject to hydrolysis) is 1. The number of urea groups is 1.